The first kappa shape index (κ1) is 20.7. The molecule has 166 valence electrons. The van der Waals surface area contributed by atoms with Crippen LogP contribution in [-0.4, -0.2) is 24.7 Å². The predicted molar refractivity (Wildman–Crippen MR) is 115 cm³/mol. The van der Waals surface area contributed by atoms with Gasteiger partial charge in [0.15, 0.2) is 0 Å². The molecule has 1 aliphatic heterocycles. The highest BCUT2D eigenvalue weighted by molar-refractivity contribution is 5.29. The Balaban J connectivity index is 1.18. The third-order valence-corrected chi connectivity index (χ3v) is 8.10. The molecular formula is C25H37NO4. The Labute approximate surface area is 180 Å². The van der Waals surface area contributed by atoms with E-state index in [9.17, 15) is 0 Å². The molecule has 3 saturated carbocycles. The second-order valence-corrected chi connectivity index (χ2v) is 10.2. The first-order chi connectivity index (χ1) is 14.6. The minimum absolute atomic E-state index is 0.458. The molecule has 4 aliphatic rings. The maximum absolute atomic E-state index is 6.65. The van der Waals surface area contributed by atoms with E-state index in [2.05, 4.69) is 31.2 Å². The van der Waals surface area contributed by atoms with Gasteiger partial charge in [0.1, 0.15) is 12.4 Å². The molecule has 0 amide bonds. The summed E-state index contributed by atoms with van der Waals surface area (Å²) in [6.45, 7) is 3.22. The highest BCUT2D eigenvalue weighted by Crippen LogP contribution is 2.53. The first-order valence-electron chi connectivity index (χ1n) is 12.1. The Hall–Kier alpha value is -1.14. The average molecular weight is 416 g/mol. The lowest BCUT2D eigenvalue weighted by Crippen LogP contribution is -2.45. The zero-order valence-corrected chi connectivity index (χ0v) is 18.3. The summed E-state index contributed by atoms with van der Waals surface area (Å²) < 4.78 is 12.3. The van der Waals surface area contributed by atoms with Crippen molar-refractivity contribution in [2.24, 2.45) is 23.5 Å². The number of hydrogen-bond donors (Lipinski definition) is 1. The van der Waals surface area contributed by atoms with Gasteiger partial charge < -0.3 is 15.2 Å². The minimum Gasteiger partial charge on any atom is -0.492 e. The Bertz CT molecular complexity index is 702. The average Bonchev–Trinajstić information content (AvgIpc) is 3.10. The molecule has 1 spiro atoms. The van der Waals surface area contributed by atoms with E-state index in [1.807, 2.05) is 0 Å². The van der Waals surface area contributed by atoms with E-state index in [-0.39, 0.29) is 0 Å². The SMILES string of the molecule is C[C@@]1(C2CC3CCCC(C3)C2)OO[C@]2(CC[C@@H](c3ccc(OCCN)cc3)CC2)O1. The van der Waals surface area contributed by atoms with Crippen molar-refractivity contribution in [3.8, 4) is 5.75 Å². The van der Waals surface area contributed by atoms with Gasteiger partial charge in [-0.05, 0) is 74.5 Å². The molecule has 1 aromatic rings. The predicted octanol–water partition coefficient (Wildman–Crippen LogP) is 5.29. The van der Waals surface area contributed by atoms with Crippen LogP contribution in [0.25, 0.3) is 0 Å². The van der Waals surface area contributed by atoms with Gasteiger partial charge in [0.25, 0.3) is 0 Å². The largest absolute Gasteiger partial charge is 0.492 e. The second kappa shape index (κ2) is 8.42. The number of fused-ring (bicyclic) bond motifs is 2. The van der Waals surface area contributed by atoms with Crippen LogP contribution in [0.4, 0.5) is 0 Å². The van der Waals surface area contributed by atoms with Crippen molar-refractivity contribution >= 4 is 0 Å². The lowest BCUT2D eigenvalue weighted by atomic mass is 9.66. The topological polar surface area (TPSA) is 62.9 Å². The van der Waals surface area contributed by atoms with E-state index in [4.69, 9.17) is 25.0 Å². The Morgan fingerprint density at radius 3 is 2.33 bits per heavy atom. The molecule has 0 radical (unpaired) electrons. The van der Waals surface area contributed by atoms with Crippen molar-refractivity contribution < 1.29 is 19.2 Å². The van der Waals surface area contributed by atoms with E-state index < -0.39 is 11.6 Å². The molecule has 3 atom stereocenters. The standard InChI is InChI=1S/C25H37NO4/c1-24(22-16-18-3-2-4-19(15-18)17-22)28-25(30-29-24)11-9-21(10-12-25)20-5-7-23(8-6-20)27-14-13-26/h5-8,18-19,21-22H,2-4,9-17,26H2,1H3/t18?,19?,21-,22?,24-,25+/m0/s1. The van der Waals surface area contributed by atoms with Gasteiger partial charge in [-0.2, -0.15) is 9.78 Å². The van der Waals surface area contributed by atoms with Gasteiger partial charge in [-0.25, -0.2) is 0 Å². The van der Waals surface area contributed by atoms with Crippen LogP contribution in [-0.2, 0) is 14.5 Å². The normalized spacial score (nSPS) is 41.1. The van der Waals surface area contributed by atoms with Gasteiger partial charge >= 0.3 is 0 Å². The molecular weight excluding hydrogens is 378 g/mol. The summed E-state index contributed by atoms with van der Waals surface area (Å²) in [5.74, 6) is 2.46. The van der Waals surface area contributed by atoms with Crippen molar-refractivity contribution in [3.63, 3.8) is 0 Å². The molecule has 4 fully saturated rings. The summed E-state index contributed by atoms with van der Waals surface area (Å²) in [6.07, 6.45) is 11.9. The van der Waals surface area contributed by atoms with Crippen LogP contribution in [0.5, 0.6) is 5.75 Å². The maximum atomic E-state index is 6.65. The second-order valence-electron chi connectivity index (χ2n) is 10.2. The molecule has 2 bridgehead atoms. The highest BCUT2D eigenvalue weighted by Gasteiger charge is 2.56. The third-order valence-electron chi connectivity index (χ3n) is 8.10. The van der Waals surface area contributed by atoms with Crippen LogP contribution in [0.2, 0.25) is 0 Å². The fourth-order valence-electron chi connectivity index (χ4n) is 6.46. The molecule has 3 aliphatic carbocycles. The number of nitrogens with two attached hydrogens (primary N) is 1. The molecule has 5 heteroatoms. The Kier molecular flexibility index (Phi) is 5.82. The summed E-state index contributed by atoms with van der Waals surface area (Å²) in [4.78, 5) is 11.9. The number of rotatable bonds is 5. The van der Waals surface area contributed by atoms with Gasteiger partial charge in [-0.3, -0.25) is 0 Å². The van der Waals surface area contributed by atoms with E-state index in [0.29, 0.717) is 25.0 Å². The van der Waals surface area contributed by atoms with Crippen LogP contribution >= 0.6 is 0 Å². The molecule has 5 rings (SSSR count). The van der Waals surface area contributed by atoms with Crippen molar-refractivity contribution in [2.45, 2.75) is 88.6 Å². The van der Waals surface area contributed by atoms with Gasteiger partial charge in [-0.15, -0.1) is 0 Å². The Morgan fingerprint density at radius 2 is 1.67 bits per heavy atom. The van der Waals surface area contributed by atoms with Crippen LogP contribution in [0.1, 0.15) is 82.6 Å². The van der Waals surface area contributed by atoms with Crippen molar-refractivity contribution in [1.29, 1.82) is 0 Å². The lowest BCUT2D eigenvalue weighted by molar-refractivity contribution is -0.361. The summed E-state index contributed by atoms with van der Waals surface area (Å²) in [6, 6.07) is 8.48. The summed E-state index contributed by atoms with van der Waals surface area (Å²) in [7, 11) is 0. The van der Waals surface area contributed by atoms with Crippen LogP contribution < -0.4 is 10.5 Å². The molecule has 5 nitrogen and oxygen atoms in total. The number of ether oxygens (including phenoxy) is 2. The van der Waals surface area contributed by atoms with Gasteiger partial charge in [0.05, 0.1) is 0 Å². The fraction of sp³-hybridized carbons (Fsp3) is 0.760. The summed E-state index contributed by atoms with van der Waals surface area (Å²) in [5.41, 5.74) is 6.88. The molecule has 0 aromatic heterocycles. The van der Waals surface area contributed by atoms with Crippen molar-refractivity contribution in [3.05, 3.63) is 29.8 Å². The molecule has 1 saturated heterocycles. The smallest absolute Gasteiger partial charge is 0.204 e. The van der Waals surface area contributed by atoms with Crippen LogP contribution in [0.15, 0.2) is 24.3 Å². The minimum atomic E-state index is -0.580. The summed E-state index contributed by atoms with van der Waals surface area (Å²) in [5, 5.41) is 0. The lowest BCUT2D eigenvalue weighted by Gasteiger charge is -2.44. The summed E-state index contributed by atoms with van der Waals surface area (Å²) >= 11 is 0. The number of benzene rings is 1. The number of hydrogen-bond acceptors (Lipinski definition) is 5. The maximum Gasteiger partial charge on any atom is 0.204 e. The van der Waals surface area contributed by atoms with Gasteiger partial charge in [0, 0.05) is 25.3 Å². The van der Waals surface area contributed by atoms with E-state index >= 15 is 0 Å². The van der Waals surface area contributed by atoms with Crippen LogP contribution in [0, 0.1) is 17.8 Å². The Morgan fingerprint density at radius 1 is 0.967 bits per heavy atom. The monoisotopic (exact) mass is 415 g/mol. The van der Waals surface area contributed by atoms with Crippen molar-refractivity contribution in [2.75, 3.05) is 13.2 Å². The zero-order valence-electron chi connectivity index (χ0n) is 18.3. The molecule has 2 unspecified atom stereocenters. The molecule has 2 N–H and O–H groups in total. The van der Waals surface area contributed by atoms with Gasteiger partial charge in [-0.1, -0.05) is 31.4 Å². The van der Waals surface area contributed by atoms with E-state index in [1.165, 1.54) is 44.1 Å². The van der Waals surface area contributed by atoms with E-state index in [1.54, 1.807) is 0 Å². The molecule has 30 heavy (non-hydrogen) atoms. The fourth-order valence-corrected chi connectivity index (χ4v) is 6.46. The highest BCUT2D eigenvalue weighted by atomic mass is 17.3. The van der Waals surface area contributed by atoms with Crippen LogP contribution in [0.3, 0.4) is 0 Å². The first-order valence-corrected chi connectivity index (χ1v) is 12.1. The third kappa shape index (κ3) is 4.14. The van der Waals surface area contributed by atoms with Crippen molar-refractivity contribution in [1.82, 2.24) is 0 Å². The van der Waals surface area contributed by atoms with E-state index in [0.717, 1.165) is 43.3 Å². The zero-order chi connectivity index (χ0) is 20.6. The molecule has 1 aromatic carbocycles. The quantitative estimate of drug-likeness (QED) is 0.662. The molecule has 1 heterocycles. The van der Waals surface area contributed by atoms with Gasteiger partial charge in [0.2, 0.25) is 11.6 Å².